The number of ether oxygens (including phenoxy) is 2. The highest BCUT2D eigenvalue weighted by molar-refractivity contribution is 7.52. The number of non-ortho nitro benzene ring substituents is 1. The highest BCUT2D eigenvalue weighted by atomic mass is 31.2. The van der Waals surface area contributed by atoms with E-state index in [9.17, 15) is 38.6 Å². The first-order valence-electron chi connectivity index (χ1n) is 10.7. The summed E-state index contributed by atoms with van der Waals surface area (Å²) in [5.41, 5.74) is 4.27. The fourth-order valence-corrected chi connectivity index (χ4v) is 4.06. The second-order valence-corrected chi connectivity index (χ2v) is 8.84. The minimum absolute atomic E-state index is 0.0328. The van der Waals surface area contributed by atoms with Gasteiger partial charge in [0.1, 0.15) is 17.9 Å². The number of carbonyl (C=O) groups is 3. The number of aliphatic hydroxyl groups excluding tert-OH is 1. The first kappa shape index (κ1) is 31.6. The molecule has 1 aromatic carbocycles. The minimum Gasteiger partial charge on any atom is -0.465 e. The van der Waals surface area contributed by atoms with E-state index in [2.05, 4.69) is 10.8 Å². The molecule has 1 fully saturated rings. The monoisotopic (exact) mass is 550 g/mol. The van der Waals surface area contributed by atoms with Crippen LogP contribution in [0.5, 0.6) is 5.75 Å². The maximum absolute atomic E-state index is 13.1. The van der Waals surface area contributed by atoms with Gasteiger partial charge in [-0.25, -0.2) is 4.57 Å². The van der Waals surface area contributed by atoms with E-state index >= 15 is 0 Å². The fraction of sp³-hybridized carbons (Fsp3) is 0.450. The van der Waals surface area contributed by atoms with Crippen LogP contribution in [0.2, 0.25) is 0 Å². The van der Waals surface area contributed by atoms with Gasteiger partial charge in [-0.3, -0.25) is 29.0 Å². The molecule has 206 valence electrons. The molecule has 0 aliphatic carbocycles. The molecule has 5 N–H and O–H groups in total. The normalized spacial score (nSPS) is 19.4. The SMILES string of the molecule is CCOC(=O)[C@H](C)NP(=O)(OC[C@H]1OCCC1O)Oc1ccc([N+](=O)[O-])cc1.NC(=O)/C(F)=C\NC=O. The lowest BCUT2D eigenvalue weighted by Gasteiger charge is -2.24. The molecule has 0 spiro atoms. The highest BCUT2D eigenvalue weighted by Crippen LogP contribution is 2.45. The maximum atomic E-state index is 13.1. The van der Waals surface area contributed by atoms with Gasteiger partial charge in [-0.05, 0) is 32.4 Å². The number of benzene rings is 1. The Balaban J connectivity index is 0.000000649. The highest BCUT2D eigenvalue weighted by Gasteiger charge is 2.35. The van der Waals surface area contributed by atoms with Gasteiger partial charge in [0.2, 0.25) is 12.2 Å². The third-order valence-corrected chi connectivity index (χ3v) is 6.01. The molecule has 2 rings (SSSR count). The summed E-state index contributed by atoms with van der Waals surface area (Å²) in [5, 5.41) is 24.8. The molecule has 1 saturated heterocycles. The van der Waals surface area contributed by atoms with Crippen LogP contribution in [0.1, 0.15) is 20.3 Å². The first-order chi connectivity index (χ1) is 17.4. The van der Waals surface area contributed by atoms with Crippen molar-refractivity contribution < 1.29 is 51.9 Å². The average molecular weight is 550 g/mol. The Morgan fingerprint density at radius 1 is 1.41 bits per heavy atom. The minimum atomic E-state index is -4.10. The molecule has 4 atom stereocenters. The van der Waals surface area contributed by atoms with E-state index in [4.69, 9.17) is 18.5 Å². The van der Waals surface area contributed by atoms with Crippen molar-refractivity contribution in [2.45, 2.75) is 38.5 Å². The Morgan fingerprint density at radius 3 is 2.54 bits per heavy atom. The van der Waals surface area contributed by atoms with Gasteiger partial charge in [-0.15, -0.1) is 0 Å². The number of nitro groups is 1. The number of hydrogen-bond donors (Lipinski definition) is 4. The van der Waals surface area contributed by atoms with Gasteiger partial charge in [0.25, 0.3) is 11.6 Å². The molecule has 2 amide bonds. The maximum Gasteiger partial charge on any atom is 0.459 e. The summed E-state index contributed by atoms with van der Waals surface area (Å²) in [7, 11) is -4.10. The Kier molecular flexibility index (Phi) is 13.4. The van der Waals surface area contributed by atoms with Crippen molar-refractivity contribution in [2.24, 2.45) is 5.73 Å². The zero-order chi connectivity index (χ0) is 28.0. The molecule has 37 heavy (non-hydrogen) atoms. The van der Waals surface area contributed by atoms with Crippen LogP contribution < -0.4 is 20.7 Å². The van der Waals surface area contributed by atoms with Gasteiger partial charge >= 0.3 is 13.7 Å². The van der Waals surface area contributed by atoms with Gasteiger partial charge in [0, 0.05) is 24.9 Å². The first-order valence-corrected chi connectivity index (χ1v) is 12.2. The van der Waals surface area contributed by atoms with Crippen LogP contribution in [-0.4, -0.2) is 66.4 Å². The summed E-state index contributed by atoms with van der Waals surface area (Å²) in [6, 6.07) is 3.85. The van der Waals surface area contributed by atoms with Crippen molar-refractivity contribution in [1.82, 2.24) is 10.4 Å². The number of hydrogen-bond acceptors (Lipinski definition) is 11. The van der Waals surface area contributed by atoms with Crippen LogP contribution in [0.3, 0.4) is 0 Å². The van der Waals surface area contributed by atoms with Crippen LogP contribution in [0.4, 0.5) is 10.1 Å². The van der Waals surface area contributed by atoms with E-state index in [0.29, 0.717) is 19.2 Å². The van der Waals surface area contributed by atoms with Gasteiger partial charge in [-0.2, -0.15) is 9.48 Å². The van der Waals surface area contributed by atoms with Crippen LogP contribution in [0.15, 0.2) is 36.3 Å². The molecular formula is C20H28FN4O11P. The molecular weight excluding hydrogens is 522 g/mol. The number of nitro benzene ring substituents is 1. The van der Waals surface area contributed by atoms with Gasteiger partial charge < -0.3 is 30.2 Å². The predicted molar refractivity (Wildman–Crippen MR) is 124 cm³/mol. The molecule has 0 radical (unpaired) electrons. The van der Waals surface area contributed by atoms with E-state index in [1.807, 2.05) is 5.32 Å². The fourth-order valence-electron chi connectivity index (χ4n) is 2.56. The van der Waals surface area contributed by atoms with Crippen molar-refractivity contribution in [3.8, 4) is 5.75 Å². The molecule has 17 heteroatoms. The molecule has 1 heterocycles. The standard InChI is InChI=1S/C16H23N2O9P.C4H5FN2O2/c1-3-24-16(20)11(2)17-28(23,26-10-15-14(19)8-9-25-15)27-13-6-4-12(5-7-13)18(21)22;5-3(4(6)9)1-7-2-8/h4-7,11,14-15,19H,3,8-10H2,1-2H3,(H,17,23);1-2H,(H2,6,9)(H,7,8)/b;3-1+/t11-,14?,15+,28?;/m0./s1. The zero-order valence-electron chi connectivity index (χ0n) is 19.9. The van der Waals surface area contributed by atoms with E-state index < -0.39 is 48.6 Å². The van der Waals surface area contributed by atoms with Crippen molar-refractivity contribution in [3.63, 3.8) is 0 Å². The number of carbonyl (C=O) groups excluding carboxylic acids is 3. The van der Waals surface area contributed by atoms with Crippen LogP contribution in [0, 0.1) is 10.1 Å². The number of aliphatic hydroxyl groups is 1. The third-order valence-electron chi connectivity index (χ3n) is 4.36. The number of halogens is 1. The number of nitrogens with one attached hydrogen (secondary N) is 2. The lowest BCUT2D eigenvalue weighted by molar-refractivity contribution is -0.384. The summed E-state index contributed by atoms with van der Waals surface area (Å²) in [4.78, 5) is 41.3. The summed E-state index contributed by atoms with van der Waals surface area (Å²) >= 11 is 0. The van der Waals surface area contributed by atoms with Crippen LogP contribution >= 0.6 is 7.75 Å². The molecule has 2 unspecified atom stereocenters. The molecule has 0 bridgehead atoms. The summed E-state index contributed by atoms with van der Waals surface area (Å²) in [5.74, 6) is -3.01. The molecule has 0 aromatic heterocycles. The van der Waals surface area contributed by atoms with Crippen molar-refractivity contribution in [1.29, 1.82) is 0 Å². The van der Waals surface area contributed by atoms with Crippen LogP contribution in [0.25, 0.3) is 0 Å². The molecule has 0 saturated carbocycles. The average Bonchev–Trinajstić information content (AvgIpc) is 3.26. The quantitative estimate of drug-likeness (QED) is 0.0670. The van der Waals surface area contributed by atoms with Gasteiger partial charge in [0.05, 0.1) is 24.2 Å². The third kappa shape index (κ3) is 11.4. The Labute approximate surface area is 210 Å². The lowest BCUT2D eigenvalue weighted by atomic mass is 10.2. The van der Waals surface area contributed by atoms with Gasteiger partial charge in [-0.1, -0.05) is 0 Å². The Hall–Kier alpha value is -3.43. The summed E-state index contributed by atoms with van der Waals surface area (Å²) in [6.07, 6.45) is -0.227. The summed E-state index contributed by atoms with van der Waals surface area (Å²) in [6.45, 7) is 3.30. The van der Waals surface area contributed by atoms with Gasteiger partial charge in [0.15, 0.2) is 0 Å². The van der Waals surface area contributed by atoms with E-state index in [1.165, 1.54) is 31.2 Å². The van der Waals surface area contributed by atoms with E-state index in [-0.39, 0.29) is 31.1 Å². The number of amides is 2. The number of primary amides is 1. The molecule has 1 aliphatic heterocycles. The van der Waals surface area contributed by atoms with Crippen molar-refractivity contribution in [2.75, 3.05) is 19.8 Å². The molecule has 1 aromatic rings. The number of nitrogens with two attached hydrogens (primary N) is 1. The summed E-state index contributed by atoms with van der Waals surface area (Å²) < 4.78 is 45.9. The number of rotatable bonds is 13. The number of esters is 1. The Morgan fingerprint density at radius 2 is 2.05 bits per heavy atom. The van der Waals surface area contributed by atoms with Crippen molar-refractivity contribution in [3.05, 3.63) is 46.4 Å². The van der Waals surface area contributed by atoms with Crippen LogP contribution in [-0.2, 0) is 32.9 Å². The second kappa shape index (κ2) is 15.6. The number of nitrogens with zero attached hydrogens (tertiary/aromatic N) is 1. The second-order valence-electron chi connectivity index (χ2n) is 7.14. The smallest absolute Gasteiger partial charge is 0.459 e. The molecule has 1 aliphatic rings. The Bertz CT molecular complexity index is 1010. The predicted octanol–water partition coefficient (Wildman–Crippen LogP) is 0.818. The largest absolute Gasteiger partial charge is 0.465 e. The van der Waals surface area contributed by atoms with E-state index in [1.54, 1.807) is 6.92 Å². The van der Waals surface area contributed by atoms with Crippen molar-refractivity contribution >= 4 is 31.7 Å². The molecule has 15 nitrogen and oxygen atoms in total. The topological polar surface area (TPSA) is 219 Å². The van der Waals surface area contributed by atoms with E-state index in [0.717, 1.165) is 0 Å². The lowest BCUT2D eigenvalue weighted by Crippen LogP contribution is -2.36. The zero-order valence-corrected chi connectivity index (χ0v) is 20.8.